The van der Waals surface area contributed by atoms with Gasteiger partial charge in [0.25, 0.3) is 0 Å². The molecule has 2 rings (SSSR count). The quantitative estimate of drug-likeness (QED) is 0.794. The number of carbonyl (C=O) groups excluding carboxylic acids is 1. The molecule has 1 heterocycles. The van der Waals surface area contributed by atoms with Gasteiger partial charge in [-0.05, 0) is 31.4 Å². The van der Waals surface area contributed by atoms with E-state index >= 15 is 0 Å². The highest BCUT2D eigenvalue weighted by Gasteiger charge is 2.25. The lowest BCUT2D eigenvalue weighted by atomic mass is 9.86. The van der Waals surface area contributed by atoms with Crippen LogP contribution in [0.3, 0.4) is 0 Å². The Kier molecular flexibility index (Phi) is 6.82. The Bertz CT molecular complexity index is 466. The van der Waals surface area contributed by atoms with Crippen LogP contribution < -0.4 is 5.32 Å². The molecule has 118 valence electrons. The Morgan fingerprint density at radius 1 is 1.38 bits per heavy atom. The van der Waals surface area contributed by atoms with Crippen molar-refractivity contribution >= 4 is 40.8 Å². The van der Waals surface area contributed by atoms with E-state index in [-0.39, 0.29) is 11.2 Å². The van der Waals surface area contributed by atoms with E-state index in [0.717, 1.165) is 20.9 Å². The first-order valence-electron chi connectivity index (χ1n) is 7.53. The summed E-state index contributed by atoms with van der Waals surface area (Å²) in [6.45, 7) is 6.28. The summed E-state index contributed by atoms with van der Waals surface area (Å²) >= 11 is 4.77. The number of thioether (sulfide) groups is 2. The Morgan fingerprint density at radius 2 is 2.10 bits per heavy atom. The van der Waals surface area contributed by atoms with E-state index < -0.39 is 0 Å². The maximum atomic E-state index is 12.3. The van der Waals surface area contributed by atoms with Gasteiger partial charge in [0.05, 0.1) is 5.25 Å². The summed E-state index contributed by atoms with van der Waals surface area (Å²) in [6, 6.07) is 0.343. The molecule has 1 fully saturated rings. The lowest BCUT2D eigenvalue weighted by Gasteiger charge is -2.30. The molecule has 1 aromatic rings. The molecular formula is C14H23N3OS3. The summed E-state index contributed by atoms with van der Waals surface area (Å²) in [5.41, 5.74) is 0. The van der Waals surface area contributed by atoms with Crippen molar-refractivity contribution in [1.29, 1.82) is 0 Å². The number of hydrogen-bond acceptors (Lipinski definition) is 6. The third-order valence-corrected chi connectivity index (χ3v) is 6.86. The number of hydrogen-bond donors (Lipinski definition) is 1. The number of rotatable bonds is 6. The number of carbonyl (C=O) groups is 1. The van der Waals surface area contributed by atoms with Crippen LogP contribution in [0, 0.1) is 5.92 Å². The van der Waals surface area contributed by atoms with E-state index in [1.54, 1.807) is 23.1 Å². The van der Waals surface area contributed by atoms with Gasteiger partial charge in [-0.2, -0.15) is 0 Å². The van der Waals surface area contributed by atoms with Crippen LogP contribution in [0.1, 0.15) is 46.5 Å². The predicted octanol–water partition coefficient (Wildman–Crippen LogP) is 3.83. The SMILES string of the molecule is CCSc1nnc(S[C@@H](C)C(=O)N[C@@H]2CCCC[C@@H]2C)s1. The van der Waals surface area contributed by atoms with Crippen molar-refractivity contribution < 1.29 is 4.79 Å². The summed E-state index contributed by atoms with van der Waals surface area (Å²) in [5.74, 6) is 1.71. The van der Waals surface area contributed by atoms with Gasteiger partial charge < -0.3 is 5.32 Å². The second-order valence-electron chi connectivity index (χ2n) is 5.40. The molecule has 0 bridgehead atoms. The van der Waals surface area contributed by atoms with E-state index in [1.165, 1.54) is 31.0 Å². The number of amides is 1. The molecule has 21 heavy (non-hydrogen) atoms. The van der Waals surface area contributed by atoms with Gasteiger partial charge >= 0.3 is 0 Å². The third kappa shape index (κ3) is 5.14. The smallest absolute Gasteiger partial charge is 0.233 e. The number of nitrogens with one attached hydrogen (secondary N) is 1. The fraction of sp³-hybridized carbons (Fsp3) is 0.786. The molecule has 1 aliphatic rings. The predicted molar refractivity (Wildman–Crippen MR) is 91.2 cm³/mol. The largest absolute Gasteiger partial charge is 0.352 e. The Labute approximate surface area is 139 Å². The maximum absolute atomic E-state index is 12.3. The summed E-state index contributed by atoms with van der Waals surface area (Å²) in [6.07, 6.45) is 4.85. The van der Waals surface area contributed by atoms with Crippen LogP contribution in [0.15, 0.2) is 8.68 Å². The lowest BCUT2D eigenvalue weighted by molar-refractivity contribution is -0.121. The molecule has 0 aromatic carbocycles. The summed E-state index contributed by atoms with van der Waals surface area (Å²) in [4.78, 5) is 12.3. The van der Waals surface area contributed by atoms with Crippen molar-refractivity contribution in [3.63, 3.8) is 0 Å². The van der Waals surface area contributed by atoms with Crippen molar-refractivity contribution in [3.05, 3.63) is 0 Å². The van der Waals surface area contributed by atoms with Crippen LogP contribution in [0.25, 0.3) is 0 Å². The second-order valence-corrected chi connectivity index (χ2v) is 9.48. The molecule has 1 amide bonds. The van der Waals surface area contributed by atoms with E-state index in [1.807, 2.05) is 6.92 Å². The van der Waals surface area contributed by atoms with Gasteiger partial charge in [0, 0.05) is 6.04 Å². The fourth-order valence-electron chi connectivity index (χ4n) is 2.46. The molecule has 1 saturated carbocycles. The molecule has 7 heteroatoms. The maximum Gasteiger partial charge on any atom is 0.233 e. The number of aromatic nitrogens is 2. The van der Waals surface area contributed by atoms with Crippen LogP contribution in [0.4, 0.5) is 0 Å². The van der Waals surface area contributed by atoms with Crippen LogP contribution in [-0.4, -0.2) is 33.1 Å². The van der Waals surface area contributed by atoms with Gasteiger partial charge in [0.2, 0.25) is 5.91 Å². The highest BCUT2D eigenvalue weighted by molar-refractivity contribution is 8.03. The lowest BCUT2D eigenvalue weighted by Crippen LogP contribution is -2.44. The molecule has 0 saturated heterocycles. The molecule has 3 atom stereocenters. The number of nitrogens with zero attached hydrogens (tertiary/aromatic N) is 2. The van der Waals surface area contributed by atoms with Gasteiger partial charge in [-0.15, -0.1) is 10.2 Å². The summed E-state index contributed by atoms with van der Waals surface area (Å²) in [7, 11) is 0. The average Bonchev–Trinajstić information content (AvgIpc) is 2.89. The summed E-state index contributed by atoms with van der Waals surface area (Å²) in [5, 5.41) is 11.4. The van der Waals surface area contributed by atoms with E-state index in [2.05, 4.69) is 29.4 Å². The van der Waals surface area contributed by atoms with E-state index in [9.17, 15) is 4.79 Å². The van der Waals surface area contributed by atoms with E-state index in [0.29, 0.717) is 12.0 Å². The summed E-state index contributed by atoms with van der Waals surface area (Å²) < 4.78 is 1.86. The monoisotopic (exact) mass is 345 g/mol. The normalized spacial score (nSPS) is 23.8. The highest BCUT2D eigenvalue weighted by atomic mass is 32.2. The standard InChI is InChI=1S/C14H23N3OS3/c1-4-19-13-16-17-14(21-13)20-10(3)12(18)15-11-8-6-5-7-9(11)2/h9-11H,4-8H2,1-3H3,(H,15,18)/t9-,10-,11+/m0/s1. The zero-order chi connectivity index (χ0) is 15.2. The van der Waals surface area contributed by atoms with Crippen molar-refractivity contribution in [2.45, 2.75) is 66.4 Å². The van der Waals surface area contributed by atoms with Gasteiger partial charge in [-0.25, -0.2) is 0 Å². The van der Waals surface area contributed by atoms with Crippen molar-refractivity contribution in [3.8, 4) is 0 Å². The Hall–Kier alpha value is -0.270. The van der Waals surface area contributed by atoms with Gasteiger partial charge in [-0.3, -0.25) is 4.79 Å². The van der Waals surface area contributed by atoms with Crippen LogP contribution in [0.2, 0.25) is 0 Å². The first-order valence-corrected chi connectivity index (χ1v) is 10.2. The average molecular weight is 346 g/mol. The molecule has 0 unspecified atom stereocenters. The first kappa shape index (κ1) is 17.1. The third-order valence-electron chi connectivity index (χ3n) is 3.74. The molecule has 4 nitrogen and oxygen atoms in total. The minimum absolute atomic E-state index is 0.119. The molecule has 1 aliphatic carbocycles. The Morgan fingerprint density at radius 3 is 2.81 bits per heavy atom. The molecular weight excluding hydrogens is 322 g/mol. The molecule has 0 aliphatic heterocycles. The van der Waals surface area contributed by atoms with Crippen molar-refractivity contribution in [2.24, 2.45) is 5.92 Å². The van der Waals surface area contributed by atoms with E-state index in [4.69, 9.17) is 0 Å². The van der Waals surface area contributed by atoms with Crippen LogP contribution >= 0.6 is 34.9 Å². The molecule has 0 radical (unpaired) electrons. The minimum Gasteiger partial charge on any atom is -0.352 e. The van der Waals surface area contributed by atoms with Gasteiger partial charge in [0.15, 0.2) is 8.68 Å². The fourth-order valence-corrected chi connectivity index (χ4v) is 5.53. The molecule has 1 aromatic heterocycles. The van der Waals surface area contributed by atoms with Gasteiger partial charge in [-0.1, -0.05) is 61.5 Å². The topological polar surface area (TPSA) is 54.9 Å². The first-order chi connectivity index (χ1) is 10.1. The molecule has 0 spiro atoms. The van der Waals surface area contributed by atoms with Crippen LogP contribution in [-0.2, 0) is 4.79 Å². The van der Waals surface area contributed by atoms with Crippen molar-refractivity contribution in [2.75, 3.05) is 5.75 Å². The minimum atomic E-state index is -0.119. The zero-order valence-corrected chi connectivity index (χ0v) is 15.2. The Balaban J connectivity index is 1.83. The van der Waals surface area contributed by atoms with Gasteiger partial charge in [0.1, 0.15) is 0 Å². The molecule has 1 N–H and O–H groups in total. The van der Waals surface area contributed by atoms with Crippen molar-refractivity contribution in [1.82, 2.24) is 15.5 Å². The second kappa shape index (κ2) is 8.39. The zero-order valence-electron chi connectivity index (χ0n) is 12.8. The highest BCUT2D eigenvalue weighted by Crippen LogP contribution is 2.31. The van der Waals surface area contributed by atoms with Crippen LogP contribution in [0.5, 0.6) is 0 Å².